The van der Waals surface area contributed by atoms with Gasteiger partial charge in [-0.3, -0.25) is 0 Å². The van der Waals surface area contributed by atoms with Gasteiger partial charge in [-0.15, -0.1) is 0 Å². The third kappa shape index (κ3) is 2.56. The lowest BCUT2D eigenvalue weighted by atomic mass is 10.2. The van der Waals surface area contributed by atoms with Crippen LogP contribution < -0.4 is 10.2 Å². The van der Waals surface area contributed by atoms with Gasteiger partial charge in [-0.25, -0.2) is 9.97 Å². The van der Waals surface area contributed by atoms with Crippen LogP contribution in [0.1, 0.15) is 18.4 Å². The van der Waals surface area contributed by atoms with Crippen molar-refractivity contribution in [2.24, 2.45) is 0 Å². The van der Waals surface area contributed by atoms with Crippen LogP contribution in [0.3, 0.4) is 0 Å². The van der Waals surface area contributed by atoms with E-state index in [4.69, 9.17) is 0 Å². The van der Waals surface area contributed by atoms with Gasteiger partial charge in [0, 0.05) is 31.7 Å². The van der Waals surface area contributed by atoms with Crippen LogP contribution in [0.2, 0.25) is 0 Å². The highest BCUT2D eigenvalue weighted by molar-refractivity contribution is 5.58. The topological polar surface area (TPSA) is 44.3 Å². The Balaban J connectivity index is 2.24. The first-order valence-electron chi connectivity index (χ1n) is 6.54. The molecule has 0 amide bonds. The summed E-state index contributed by atoms with van der Waals surface area (Å²) >= 11 is 0. The van der Waals surface area contributed by atoms with Crippen molar-refractivity contribution in [3.8, 4) is 0 Å². The van der Waals surface area contributed by atoms with Gasteiger partial charge in [0.1, 0.15) is 18.0 Å². The molecule has 0 spiro atoms. The van der Waals surface area contributed by atoms with Crippen molar-refractivity contribution in [2.75, 3.05) is 44.4 Å². The maximum Gasteiger partial charge on any atom is 0.137 e. The minimum absolute atomic E-state index is 0.568. The van der Waals surface area contributed by atoms with Gasteiger partial charge in [0.05, 0.1) is 0 Å². The first-order valence-corrected chi connectivity index (χ1v) is 6.54. The Labute approximate surface area is 109 Å². The molecule has 1 saturated heterocycles. The quantitative estimate of drug-likeness (QED) is 0.873. The van der Waals surface area contributed by atoms with Gasteiger partial charge in [0.15, 0.2) is 0 Å². The van der Waals surface area contributed by atoms with Gasteiger partial charge in [-0.1, -0.05) is 0 Å². The Bertz CT molecular complexity index is 404. The summed E-state index contributed by atoms with van der Waals surface area (Å²) in [6, 6.07) is 0.568. The first-order chi connectivity index (χ1) is 8.63. The van der Waals surface area contributed by atoms with Crippen molar-refractivity contribution in [1.82, 2.24) is 14.9 Å². The molecule has 1 aromatic heterocycles. The van der Waals surface area contributed by atoms with E-state index in [1.807, 2.05) is 7.05 Å². The molecule has 5 heteroatoms. The van der Waals surface area contributed by atoms with Crippen molar-refractivity contribution >= 4 is 11.6 Å². The first kappa shape index (κ1) is 13.1. The van der Waals surface area contributed by atoms with Crippen LogP contribution in [0.4, 0.5) is 11.6 Å². The van der Waals surface area contributed by atoms with E-state index < -0.39 is 0 Å². The summed E-state index contributed by atoms with van der Waals surface area (Å²) in [6.45, 7) is 4.27. The standard InChI is InChI=1S/C13H23N5/c1-10-12(14-2)15-9-16-13(10)18-7-5-6-11(18)8-17(3)4/h9,11H,5-8H2,1-4H3,(H,14,15,16). The maximum atomic E-state index is 4.48. The number of nitrogens with zero attached hydrogens (tertiary/aromatic N) is 4. The van der Waals surface area contributed by atoms with Crippen molar-refractivity contribution in [3.05, 3.63) is 11.9 Å². The largest absolute Gasteiger partial charge is 0.373 e. The molecule has 1 N–H and O–H groups in total. The fourth-order valence-electron chi connectivity index (χ4n) is 2.71. The van der Waals surface area contributed by atoms with E-state index in [0.29, 0.717) is 6.04 Å². The highest BCUT2D eigenvalue weighted by atomic mass is 15.3. The average Bonchev–Trinajstić information content (AvgIpc) is 2.76. The van der Waals surface area contributed by atoms with Crippen LogP contribution in [-0.4, -0.2) is 55.1 Å². The molecule has 1 aromatic rings. The molecule has 5 nitrogen and oxygen atoms in total. The van der Waals surface area contributed by atoms with Gasteiger partial charge in [0.2, 0.25) is 0 Å². The zero-order valence-corrected chi connectivity index (χ0v) is 11.8. The Hall–Kier alpha value is -1.36. The minimum atomic E-state index is 0.568. The lowest BCUT2D eigenvalue weighted by Crippen LogP contribution is -2.38. The predicted molar refractivity (Wildman–Crippen MR) is 75.2 cm³/mol. The van der Waals surface area contributed by atoms with Crippen molar-refractivity contribution in [1.29, 1.82) is 0 Å². The van der Waals surface area contributed by atoms with Gasteiger partial charge in [-0.2, -0.15) is 0 Å². The molecule has 2 heterocycles. The molecule has 1 atom stereocenters. The Morgan fingerprint density at radius 1 is 1.44 bits per heavy atom. The minimum Gasteiger partial charge on any atom is -0.373 e. The van der Waals surface area contributed by atoms with Crippen LogP contribution >= 0.6 is 0 Å². The summed E-state index contributed by atoms with van der Waals surface area (Å²) in [5.74, 6) is 2.01. The second-order valence-electron chi connectivity index (χ2n) is 5.17. The lowest BCUT2D eigenvalue weighted by molar-refractivity contribution is 0.371. The normalized spacial score (nSPS) is 19.6. The van der Waals surface area contributed by atoms with Crippen molar-refractivity contribution < 1.29 is 0 Å². The molecule has 0 radical (unpaired) electrons. The molecular formula is C13H23N5. The van der Waals surface area contributed by atoms with E-state index in [1.54, 1.807) is 6.33 Å². The molecule has 18 heavy (non-hydrogen) atoms. The van der Waals surface area contributed by atoms with E-state index in [2.05, 4.69) is 46.1 Å². The summed E-state index contributed by atoms with van der Waals surface area (Å²) in [4.78, 5) is 13.4. The smallest absolute Gasteiger partial charge is 0.137 e. The number of hydrogen-bond donors (Lipinski definition) is 1. The molecule has 1 aliphatic heterocycles. The number of hydrogen-bond acceptors (Lipinski definition) is 5. The molecule has 0 aliphatic carbocycles. The SMILES string of the molecule is CNc1ncnc(N2CCCC2CN(C)C)c1C. The molecule has 0 bridgehead atoms. The summed E-state index contributed by atoms with van der Waals surface area (Å²) in [5.41, 5.74) is 1.14. The van der Waals surface area contributed by atoms with Crippen LogP contribution in [-0.2, 0) is 0 Å². The third-order valence-corrected chi connectivity index (χ3v) is 3.52. The van der Waals surface area contributed by atoms with E-state index >= 15 is 0 Å². The monoisotopic (exact) mass is 249 g/mol. The van der Waals surface area contributed by atoms with E-state index in [9.17, 15) is 0 Å². The van der Waals surface area contributed by atoms with E-state index in [1.165, 1.54) is 12.8 Å². The Kier molecular flexibility index (Phi) is 4.01. The van der Waals surface area contributed by atoms with Gasteiger partial charge in [0.25, 0.3) is 0 Å². The average molecular weight is 249 g/mol. The summed E-state index contributed by atoms with van der Waals surface area (Å²) in [7, 11) is 6.16. The zero-order chi connectivity index (χ0) is 13.1. The van der Waals surface area contributed by atoms with E-state index in [0.717, 1.165) is 30.3 Å². The van der Waals surface area contributed by atoms with Crippen molar-refractivity contribution in [3.63, 3.8) is 0 Å². The number of likely N-dealkylation sites (N-methyl/N-ethyl adjacent to an activating group) is 1. The van der Waals surface area contributed by atoms with Crippen LogP contribution in [0.5, 0.6) is 0 Å². The third-order valence-electron chi connectivity index (χ3n) is 3.52. The Morgan fingerprint density at radius 3 is 2.89 bits per heavy atom. The summed E-state index contributed by atoms with van der Waals surface area (Å²) < 4.78 is 0. The molecule has 1 unspecified atom stereocenters. The van der Waals surface area contributed by atoms with Gasteiger partial charge >= 0.3 is 0 Å². The van der Waals surface area contributed by atoms with Crippen LogP contribution in [0.15, 0.2) is 6.33 Å². The second kappa shape index (κ2) is 5.52. The second-order valence-corrected chi connectivity index (χ2v) is 5.17. The lowest BCUT2D eigenvalue weighted by Gasteiger charge is -2.29. The maximum absolute atomic E-state index is 4.48. The fraction of sp³-hybridized carbons (Fsp3) is 0.692. The Morgan fingerprint density at radius 2 is 2.22 bits per heavy atom. The molecule has 0 saturated carbocycles. The highest BCUT2D eigenvalue weighted by Gasteiger charge is 2.27. The summed E-state index contributed by atoms with van der Waals surface area (Å²) in [5, 5.41) is 3.13. The number of anilines is 2. The highest BCUT2D eigenvalue weighted by Crippen LogP contribution is 2.29. The molecule has 0 aromatic carbocycles. The molecule has 1 aliphatic rings. The predicted octanol–water partition coefficient (Wildman–Crippen LogP) is 1.36. The number of nitrogens with one attached hydrogen (secondary N) is 1. The van der Waals surface area contributed by atoms with Gasteiger partial charge in [-0.05, 0) is 33.9 Å². The van der Waals surface area contributed by atoms with Crippen LogP contribution in [0, 0.1) is 6.92 Å². The van der Waals surface area contributed by atoms with Crippen LogP contribution in [0.25, 0.3) is 0 Å². The molecule has 1 fully saturated rings. The number of rotatable bonds is 4. The van der Waals surface area contributed by atoms with Gasteiger partial charge < -0.3 is 15.1 Å². The summed E-state index contributed by atoms with van der Waals surface area (Å²) in [6.07, 6.45) is 4.15. The molecule has 2 rings (SSSR count). The number of aromatic nitrogens is 2. The van der Waals surface area contributed by atoms with E-state index in [-0.39, 0.29) is 0 Å². The zero-order valence-electron chi connectivity index (χ0n) is 11.8. The van der Waals surface area contributed by atoms with Crippen molar-refractivity contribution in [2.45, 2.75) is 25.8 Å². The molecule has 100 valence electrons. The fourth-order valence-corrected chi connectivity index (χ4v) is 2.71. The molecular weight excluding hydrogens is 226 g/mol.